The number of carbonyl (C=O) groups is 1. The van der Waals surface area contributed by atoms with Crippen LogP contribution in [-0.2, 0) is 0 Å². The van der Waals surface area contributed by atoms with Gasteiger partial charge in [-0.05, 0) is 61.0 Å². The average molecular weight is 350 g/mol. The molecule has 3 aromatic carbocycles. The molecule has 124 valence electrons. The Kier molecular flexibility index (Phi) is 5.26. The molecule has 0 aliphatic rings. The van der Waals surface area contributed by atoms with Crippen LogP contribution in [0.4, 0.5) is 5.69 Å². The van der Waals surface area contributed by atoms with Crippen LogP contribution in [0, 0.1) is 6.92 Å². The van der Waals surface area contributed by atoms with E-state index in [1.807, 2.05) is 31.2 Å². The maximum atomic E-state index is 12.1. The van der Waals surface area contributed by atoms with Gasteiger partial charge in [-0.2, -0.15) is 0 Å². The Labute approximate surface area is 151 Å². The Morgan fingerprint density at radius 2 is 1.56 bits per heavy atom. The van der Waals surface area contributed by atoms with E-state index in [1.54, 1.807) is 54.7 Å². The normalized spacial score (nSPS) is 10.8. The highest BCUT2D eigenvalue weighted by atomic mass is 35.5. The summed E-state index contributed by atoms with van der Waals surface area (Å²) in [5, 5.41) is 0.593. The molecule has 0 aliphatic carbocycles. The first kappa shape index (κ1) is 16.9. The van der Waals surface area contributed by atoms with Gasteiger partial charge in [0, 0.05) is 11.2 Å². The van der Waals surface area contributed by atoms with E-state index in [2.05, 4.69) is 4.99 Å². The zero-order valence-corrected chi connectivity index (χ0v) is 14.4. The van der Waals surface area contributed by atoms with Crippen molar-refractivity contribution in [1.29, 1.82) is 0 Å². The lowest BCUT2D eigenvalue weighted by Gasteiger charge is -2.04. The fourth-order valence-corrected chi connectivity index (χ4v) is 2.28. The van der Waals surface area contributed by atoms with Crippen LogP contribution >= 0.6 is 11.6 Å². The standard InChI is InChI=1S/C21H16ClNO2/c1-15-2-4-16(5-3-15)14-23-19-10-6-17(7-11-19)21(24)25-20-12-8-18(22)9-13-20/h2-14H,1H3. The molecule has 0 unspecified atom stereocenters. The van der Waals surface area contributed by atoms with Crippen molar-refractivity contribution in [3.05, 3.63) is 94.5 Å². The van der Waals surface area contributed by atoms with Crippen LogP contribution in [0.3, 0.4) is 0 Å². The molecule has 0 radical (unpaired) electrons. The van der Waals surface area contributed by atoms with Crippen molar-refractivity contribution in [1.82, 2.24) is 0 Å². The number of aryl methyl sites for hydroxylation is 1. The quantitative estimate of drug-likeness (QED) is 0.348. The molecule has 0 N–H and O–H groups in total. The number of carbonyl (C=O) groups excluding carboxylic acids is 1. The maximum absolute atomic E-state index is 12.1. The molecule has 0 aliphatic heterocycles. The van der Waals surface area contributed by atoms with Crippen molar-refractivity contribution >= 4 is 29.5 Å². The molecule has 0 saturated heterocycles. The molecule has 0 saturated carbocycles. The number of hydrogen-bond acceptors (Lipinski definition) is 3. The summed E-state index contributed by atoms with van der Waals surface area (Å²) in [5.74, 6) is 0.0345. The predicted molar refractivity (Wildman–Crippen MR) is 101 cm³/mol. The lowest BCUT2D eigenvalue weighted by molar-refractivity contribution is 0.0735. The van der Waals surface area contributed by atoms with Crippen LogP contribution in [0.2, 0.25) is 5.02 Å². The minimum Gasteiger partial charge on any atom is -0.423 e. The number of halogens is 1. The van der Waals surface area contributed by atoms with E-state index in [-0.39, 0.29) is 0 Å². The van der Waals surface area contributed by atoms with Crippen molar-refractivity contribution in [2.24, 2.45) is 4.99 Å². The van der Waals surface area contributed by atoms with Crippen LogP contribution in [0.1, 0.15) is 21.5 Å². The zero-order valence-electron chi connectivity index (χ0n) is 13.6. The first-order valence-corrected chi connectivity index (χ1v) is 8.16. The molecular weight excluding hydrogens is 334 g/mol. The number of benzene rings is 3. The molecular formula is C21H16ClNO2. The van der Waals surface area contributed by atoms with E-state index in [0.29, 0.717) is 16.3 Å². The predicted octanol–water partition coefficient (Wildman–Crippen LogP) is 5.62. The molecule has 3 rings (SSSR count). The second-order valence-electron chi connectivity index (χ2n) is 5.56. The average Bonchev–Trinajstić information content (AvgIpc) is 2.63. The SMILES string of the molecule is Cc1ccc(C=Nc2ccc(C(=O)Oc3ccc(Cl)cc3)cc2)cc1. The molecule has 0 heterocycles. The van der Waals surface area contributed by atoms with Crippen LogP contribution in [0.5, 0.6) is 5.75 Å². The van der Waals surface area contributed by atoms with Gasteiger partial charge in [0.1, 0.15) is 5.75 Å². The van der Waals surface area contributed by atoms with E-state index < -0.39 is 5.97 Å². The molecule has 0 amide bonds. The summed E-state index contributed by atoms with van der Waals surface area (Å²) in [6, 6.07) is 21.7. The summed E-state index contributed by atoms with van der Waals surface area (Å²) >= 11 is 5.81. The Morgan fingerprint density at radius 1 is 0.920 bits per heavy atom. The van der Waals surface area contributed by atoms with E-state index in [9.17, 15) is 4.79 Å². The number of nitrogens with zero attached hydrogens (tertiary/aromatic N) is 1. The van der Waals surface area contributed by atoms with Gasteiger partial charge < -0.3 is 4.74 Å². The lowest BCUT2D eigenvalue weighted by atomic mass is 10.2. The van der Waals surface area contributed by atoms with Gasteiger partial charge in [-0.3, -0.25) is 4.99 Å². The number of ether oxygens (including phenoxy) is 1. The Balaban J connectivity index is 1.66. The van der Waals surface area contributed by atoms with Gasteiger partial charge in [0.2, 0.25) is 0 Å². The van der Waals surface area contributed by atoms with Gasteiger partial charge in [0.05, 0.1) is 11.3 Å². The minimum atomic E-state index is -0.420. The Bertz CT molecular complexity index is 883. The highest BCUT2D eigenvalue weighted by Crippen LogP contribution is 2.18. The molecule has 0 spiro atoms. The van der Waals surface area contributed by atoms with Crippen LogP contribution in [0.25, 0.3) is 0 Å². The number of hydrogen-bond donors (Lipinski definition) is 0. The molecule has 25 heavy (non-hydrogen) atoms. The summed E-state index contributed by atoms with van der Waals surface area (Å²) < 4.78 is 5.30. The summed E-state index contributed by atoms with van der Waals surface area (Å²) in [4.78, 5) is 16.5. The fourth-order valence-electron chi connectivity index (χ4n) is 2.15. The fraction of sp³-hybridized carbons (Fsp3) is 0.0476. The lowest BCUT2D eigenvalue weighted by Crippen LogP contribution is -2.07. The second kappa shape index (κ2) is 7.77. The van der Waals surface area contributed by atoms with Crippen molar-refractivity contribution in [3.8, 4) is 5.75 Å². The van der Waals surface area contributed by atoms with Crippen molar-refractivity contribution in [2.75, 3.05) is 0 Å². The zero-order chi connectivity index (χ0) is 17.6. The molecule has 4 heteroatoms. The van der Waals surface area contributed by atoms with Crippen LogP contribution in [0.15, 0.2) is 77.8 Å². The van der Waals surface area contributed by atoms with Crippen LogP contribution < -0.4 is 4.74 Å². The van der Waals surface area contributed by atoms with Crippen molar-refractivity contribution in [3.63, 3.8) is 0 Å². The topological polar surface area (TPSA) is 38.7 Å². The van der Waals surface area contributed by atoms with Gasteiger partial charge >= 0.3 is 5.97 Å². The molecule has 0 fully saturated rings. The largest absolute Gasteiger partial charge is 0.423 e. The van der Waals surface area contributed by atoms with Gasteiger partial charge in [-0.1, -0.05) is 41.4 Å². The van der Waals surface area contributed by atoms with Gasteiger partial charge in [0.25, 0.3) is 0 Å². The second-order valence-corrected chi connectivity index (χ2v) is 6.00. The number of esters is 1. The molecule has 3 nitrogen and oxygen atoms in total. The maximum Gasteiger partial charge on any atom is 0.343 e. The molecule has 0 aromatic heterocycles. The van der Waals surface area contributed by atoms with E-state index >= 15 is 0 Å². The number of rotatable bonds is 4. The summed E-state index contributed by atoms with van der Waals surface area (Å²) in [6.45, 7) is 2.04. The first-order valence-electron chi connectivity index (χ1n) is 7.79. The van der Waals surface area contributed by atoms with E-state index in [4.69, 9.17) is 16.3 Å². The monoisotopic (exact) mass is 349 g/mol. The van der Waals surface area contributed by atoms with Gasteiger partial charge in [-0.25, -0.2) is 4.79 Å². The Hall–Kier alpha value is -2.91. The molecule has 3 aromatic rings. The van der Waals surface area contributed by atoms with Gasteiger partial charge in [0.15, 0.2) is 0 Å². The number of aliphatic imine (C=N–C) groups is 1. The summed E-state index contributed by atoms with van der Waals surface area (Å²) in [6.07, 6.45) is 1.79. The third-order valence-electron chi connectivity index (χ3n) is 3.57. The van der Waals surface area contributed by atoms with Crippen LogP contribution in [-0.4, -0.2) is 12.2 Å². The van der Waals surface area contributed by atoms with E-state index in [1.165, 1.54) is 5.56 Å². The summed E-state index contributed by atoms with van der Waals surface area (Å²) in [5.41, 5.74) is 3.46. The smallest absolute Gasteiger partial charge is 0.343 e. The third-order valence-corrected chi connectivity index (χ3v) is 3.82. The molecule has 0 atom stereocenters. The molecule has 0 bridgehead atoms. The van der Waals surface area contributed by atoms with E-state index in [0.717, 1.165) is 11.3 Å². The third kappa shape index (κ3) is 4.78. The summed E-state index contributed by atoms with van der Waals surface area (Å²) in [7, 11) is 0. The van der Waals surface area contributed by atoms with Crippen molar-refractivity contribution in [2.45, 2.75) is 6.92 Å². The Morgan fingerprint density at radius 3 is 2.20 bits per heavy atom. The van der Waals surface area contributed by atoms with Gasteiger partial charge in [-0.15, -0.1) is 0 Å². The minimum absolute atomic E-state index is 0.420. The van der Waals surface area contributed by atoms with Crippen molar-refractivity contribution < 1.29 is 9.53 Å². The highest BCUT2D eigenvalue weighted by Gasteiger charge is 2.08. The highest BCUT2D eigenvalue weighted by molar-refractivity contribution is 6.30. The first-order chi connectivity index (χ1) is 12.1.